The van der Waals surface area contributed by atoms with E-state index in [1.165, 1.54) is 12.4 Å². The summed E-state index contributed by atoms with van der Waals surface area (Å²) in [6.07, 6.45) is 0.318. The van der Waals surface area contributed by atoms with Gasteiger partial charge in [0.25, 0.3) is 0 Å². The van der Waals surface area contributed by atoms with E-state index in [1.807, 2.05) is 11.9 Å². The summed E-state index contributed by atoms with van der Waals surface area (Å²) in [5.74, 6) is 0.365. The van der Waals surface area contributed by atoms with Crippen molar-refractivity contribution in [1.29, 1.82) is 0 Å². The summed E-state index contributed by atoms with van der Waals surface area (Å²) in [5.41, 5.74) is -0.409. The Balaban J connectivity index is 1.93. The molecule has 0 bridgehead atoms. The average Bonchev–Trinajstić information content (AvgIpc) is 2.67. The quantitative estimate of drug-likeness (QED) is 0.830. The first-order valence-corrected chi connectivity index (χ1v) is 8.70. The molecule has 0 spiro atoms. The van der Waals surface area contributed by atoms with Gasteiger partial charge < -0.3 is 9.80 Å². The number of rotatable bonds is 4. The van der Waals surface area contributed by atoms with Crippen molar-refractivity contribution in [2.24, 2.45) is 0 Å². The molecule has 1 fully saturated rings. The van der Waals surface area contributed by atoms with Gasteiger partial charge in [0.2, 0.25) is 0 Å². The Morgan fingerprint density at radius 3 is 2.38 bits per heavy atom. The fraction of sp³-hybridized carbons (Fsp3) is 0.500. The summed E-state index contributed by atoms with van der Waals surface area (Å²) in [5, 5.41) is 0. The van der Waals surface area contributed by atoms with Crippen molar-refractivity contribution in [2.75, 3.05) is 31.6 Å². The second kappa shape index (κ2) is 7.57. The van der Waals surface area contributed by atoms with Crippen LogP contribution >= 0.6 is 0 Å². The van der Waals surface area contributed by atoms with Gasteiger partial charge in [-0.05, 0) is 31.5 Å². The van der Waals surface area contributed by atoms with E-state index in [1.54, 1.807) is 12.1 Å². The molecule has 0 unspecified atom stereocenters. The number of likely N-dealkylation sites (tertiary alicyclic amines) is 1. The molecule has 8 heteroatoms. The predicted octanol–water partition coefficient (Wildman–Crippen LogP) is 3.48. The van der Waals surface area contributed by atoms with Crippen LogP contribution < -0.4 is 4.90 Å². The molecule has 0 amide bonds. The molecular formula is C18H22F3N5. The van der Waals surface area contributed by atoms with Crippen LogP contribution in [0.5, 0.6) is 0 Å². The van der Waals surface area contributed by atoms with Crippen LogP contribution in [-0.2, 0) is 6.18 Å². The molecule has 2 aromatic rings. The fourth-order valence-corrected chi connectivity index (χ4v) is 3.20. The van der Waals surface area contributed by atoms with Crippen LogP contribution in [0.15, 0.2) is 30.6 Å². The molecule has 0 aliphatic carbocycles. The maximum atomic E-state index is 13.3. The highest BCUT2D eigenvalue weighted by Crippen LogP contribution is 2.32. The van der Waals surface area contributed by atoms with Gasteiger partial charge in [0.1, 0.15) is 5.82 Å². The van der Waals surface area contributed by atoms with Gasteiger partial charge in [0.05, 0.1) is 0 Å². The van der Waals surface area contributed by atoms with Crippen LogP contribution in [0.4, 0.5) is 19.0 Å². The van der Waals surface area contributed by atoms with Gasteiger partial charge in [-0.1, -0.05) is 6.92 Å². The Kier molecular flexibility index (Phi) is 5.41. The molecule has 0 N–H and O–H groups in total. The number of anilines is 1. The maximum Gasteiger partial charge on any atom is 0.433 e. The Morgan fingerprint density at radius 2 is 1.81 bits per heavy atom. The molecule has 0 saturated carbocycles. The van der Waals surface area contributed by atoms with E-state index in [2.05, 4.69) is 26.8 Å². The monoisotopic (exact) mass is 365 g/mol. The Labute approximate surface area is 150 Å². The lowest BCUT2D eigenvalue weighted by Crippen LogP contribution is -2.43. The third-order valence-electron chi connectivity index (χ3n) is 4.85. The van der Waals surface area contributed by atoms with E-state index in [0.717, 1.165) is 38.5 Å². The van der Waals surface area contributed by atoms with E-state index in [0.29, 0.717) is 11.4 Å². The summed E-state index contributed by atoms with van der Waals surface area (Å²) < 4.78 is 40.0. The Hall–Kier alpha value is -2.22. The van der Waals surface area contributed by atoms with Crippen LogP contribution in [0.1, 0.15) is 25.5 Å². The zero-order valence-electron chi connectivity index (χ0n) is 14.9. The highest BCUT2D eigenvalue weighted by atomic mass is 19.4. The minimum atomic E-state index is -4.52. The van der Waals surface area contributed by atoms with Gasteiger partial charge >= 0.3 is 6.18 Å². The normalized spacial score (nSPS) is 16.7. The van der Waals surface area contributed by atoms with Crippen molar-refractivity contribution < 1.29 is 13.2 Å². The lowest BCUT2D eigenvalue weighted by Gasteiger charge is -2.37. The zero-order chi connectivity index (χ0) is 18.7. The molecule has 0 atom stereocenters. The molecule has 0 radical (unpaired) electrons. The lowest BCUT2D eigenvalue weighted by atomic mass is 10.0. The van der Waals surface area contributed by atoms with E-state index in [-0.39, 0.29) is 11.9 Å². The van der Waals surface area contributed by atoms with Gasteiger partial charge in [-0.25, -0.2) is 9.97 Å². The molecular weight excluding hydrogens is 343 g/mol. The standard InChI is InChI=1S/C18H22F3N5/c1-3-26-10-6-14(7-11-26)25(2)16-12-15(18(19,20)21)23-17(24-16)13-4-8-22-9-5-13/h4-5,8-9,12,14H,3,6-7,10-11H2,1-2H3. The SMILES string of the molecule is CCN1CCC(N(C)c2cc(C(F)(F)F)nc(-c3ccncc3)n2)CC1. The molecule has 1 aliphatic heterocycles. The van der Waals surface area contributed by atoms with Crippen molar-refractivity contribution in [3.05, 3.63) is 36.3 Å². The van der Waals surface area contributed by atoms with Gasteiger partial charge in [-0.3, -0.25) is 4.98 Å². The van der Waals surface area contributed by atoms with E-state index in [9.17, 15) is 13.2 Å². The molecule has 0 aromatic carbocycles. The van der Waals surface area contributed by atoms with Gasteiger partial charge in [-0.2, -0.15) is 13.2 Å². The van der Waals surface area contributed by atoms with E-state index >= 15 is 0 Å². The van der Waals surface area contributed by atoms with Crippen LogP contribution in [0.2, 0.25) is 0 Å². The third-order valence-corrected chi connectivity index (χ3v) is 4.85. The molecule has 140 valence electrons. The lowest BCUT2D eigenvalue weighted by molar-refractivity contribution is -0.141. The van der Waals surface area contributed by atoms with Crippen LogP contribution in [-0.4, -0.2) is 52.6 Å². The predicted molar refractivity (Wildman–Crippen MR) is 93.8 cm³/mol. The van der Waals surface area contributed by atoms with Crippen molar-refractivity contribution in [1.82, 2.24) is 19.9 Å². The Bertz CT molecular complexity index is 727. The van der Waals surface area contributed by atoms with E-state index in [4.69, 9.17) is 0 Å². The highest BCUT2D eigenvalue weighted by Gasteiger charge is 2.35. The largest absolute Gasteiger partial charge is 0.433 e. The molecule has 5 nitrogen and oxygen atoms in total. The summed E-state index contributed by atoms with van der Waals surface area (Å²) in [6, 6.07) is 4.42. The minimum absolute atomic E-state index is 0.0649. The van der Waals surface area contributed by atoms with Gasteiger partial charge in [0, 0.05) is 50.2 Å². The molecule has 2 aromatic heterocycles. The van der Waals surface area contributed by atoms with Gasteiger partial charge in [0.15, 0.2) is 11.5 Å². The van der Waals surface area contributed by atoms with Crippen LogP contribution in [0.3, 0.4) is 0 Å². The number of pyridine rings is 1. The second-order valence-electron chi connectivity index (χ2n) is 6.44. The van der Waals surface area contributed by atoms with Crippen molar-refractivity contribution in [3.63, 3.8) is 0 Å². The summed E-state index contributed by atoms with van der Waals surface area (Å²) in [4.78, 5) is 16.2. The number of alkyl halides is 3. The topological polar surface area (TPSA) is 45.2 Å². The second-order valence-corrected chi connectivity index (χ2v) is 6.44. The molecule has 1 saturated heterocycles. The van der Waals surface area contributed by atoms with Crippen LogP contribution in [0.25, 0.3) is 11.4 Å². The van der Waals surface area contributed by atoms with E-state index < -0.39 is 11.9 Å². The average molecular weight is 365 g/mol. The first-order valence-electron chi connectivity index (χ1n) is 8.70. The van der Waals surface area contributed by atoms with Crippen molar-refractivity contribution in [3.8, 4) is 11.4 Å². The number of halogens is 3. The maximum absolute atomic E-state index is 13.3. The molecule has 1 aliphatic rings. The summed E-state index contributed by atoms with van der Waals surface area (Å²) in [7, 11) is 1.81. The molecule has 26 heavy (non-hydrogen) atoms. The third kappa shape index (κ3) is 4.12. The number of aromatic nitrogens is 3. The summed E-state index contributed by atoms with van der Waals surface area (Å²) in [6.45, 7) is 5.00. The number of hydrogen-bond acceptors (Lipinski definition) is 5. The first-order chi connectivity index (χ1) is 12.4. The van der Waals surface area contributed by atoms with Crippen molar-refractivity contribution >= 4 is 5.82 Å². The minimum Gasteiger partial charge on any atom is -0.356 e. The summed E-state index contributed by atoms with van der Waals surface area (Å²) >= 11 is 0. The number of hydrogen-bond donors (Lipinski definition) is 0. The fourth-order valence-electron chi connectivity index (χ4n) is 3.20. The first kappa shape index (κ1) is 18.6. The molecule has 3 rings (SSSR count). The van der Waals surface area contributed by atoms with Gasteiger partial charge in [-0.15, -0.1) is 0 Å². The van der Waals surface area contributed by atoms with Crippen LogP contribution in [0, 0.1) is 0 Å². The zero-order valence-corrected chi connectivity index (χ0v) is 14.9. The number of nitrogens with zero attached hydrogens (tertiary/aromatic N) is 5. The smallest absolute Gasteiger partial charge is 0.356 e. The van der Waals surface area contributed by atoms with Crippen molar-refractivity contribution in [2.45, 2.75) is 32.0 Å². The Morgan fingerprint density at radius 1 is 1.15 bits per heavy atom. The molecule has 3 heterocycles. The highest BCUT2D eigenvalue weighted by molar-refractivity contribution is 5.57. The number of piperidine rings is 1.